The lowest BCUT2D eigenvalue weighted by Gasteiger charge is -2.26. The Bertz CT molecular complexity index is 674. The van der Waals surface area contributed by atoms with Crippen molar-refractivity contribution in [3.8, 4) is 0 Å². The number of hydrogen-bond acceptors (Lipinski definition) is 3. The second kappa shape index (κ2) is 3.63. The van der Waals surface area contributed by atoms with Crippen LogP contribution in [-0.2, 0) is 14.3 Å². The fourth-order valence-corrected chi connectivity index (χ4v) is 4.08. The molecule has 0 aromatic heterocycles. The first-order chi connectivity index (χ1) is 9.87. The minimum absolute atomic E-state index is 0.144. The topological polar surface area (TPSA) is 46.6 Å². The van der Waals surface area contributed by atoms with Crippen molar-refractivity contribution in [2.45, 2.75) is 32.0 Å². The number of nitrogens with zero attached hydrogens (tertiary/aromatic N) is 1. The number of ether oxygens (including phenoxy) is 1. The van der Waals surface area contributed by atoms with Gasteiger partial charge in [-0.3, -0.25) is 9.59 Å². The SMILES string of the molecule is Cc1ccccc1N1C(=O)[C@@H]2[C@@H](C1=O)[C@@]1(C)C=C[C@@]2(C)O1. The Morgan fingerprint density at radius 2 is 1.52 bits per heavy atom. The molecule has 2 amide bonds. The Kier molecular flexibility index (Phi) is 2.21. The molecule has 3 heterocycles. The summed E-state index contributed by atoms with van der Waals surface area (Å²) in [4.78, 5) is 27.1. The highest BCUT2D eigenvalue weighted by Gasteiger charge is 2.70. The zero-order valence-electron chi connectivity index (χ0n) is 12.3. The number of anilines is 1. The molecule has 0 unspecified atom stereocenters. The van der Waals surface area contributed by atoms with Gasteiger partial charge in [-0.25, -0.2) is 4.90 Å². The lowest BCUT2D eigenvalue weighted by Crippen LogP contribution is -2.39. The van der Waals surface area contributed by atoms with E-state index in [1.165, 1.54) is 4.90 Å². The maximum absolute atomic E-state index is 12.9. The van der Waals surface area contributed by atoms with Crippen molar-refractivity contribution in [2.75, 3.05) is 4.90 Å². The van der Waals surface area contributed by atoms with Crippen molar-refractivity contribution in [1.82, 2.24) is 0 Å². The molecule has 2 fully saturated rings. The number of fused-ring (bicyclic) bond motifs is 5. The van der Waals surface area contributed by atoms with Crippen LogP contribution in [0.1, 0.15) is 19.4 Å². The first kappa shape index (κ1) is 12.8. The number of hydrogen-bond donors (Lipinski definition) is 0. The van der Waals surface area contributed by atoms with E-state index in [-0.39, 0.29) is 11.8 Å². The van der Waals surface area contributed by atoms with Gasteiger partial charge in [0, 0.05) is 0 Å². The Balaban J connectivity index is 1.85. The summed E-state index contributed by atoms with van der Waals surface area (Å²) in [6.07, 6.45) is 3.86. The summed E-state index contributed by atoms with van der Waals surface area (Å²) in [5.74, 6) is -1.12. The summed E-state index contributed by atoms with van der Waals surface area (Å²) in [6.45, 7) is 5.70. The van der Waals surface area contributed by atoms with Gasteiger partial charge in [0.25, 0.3) is 0 Å². The highest BCUT2D eigenvalue weighted by atomic mass is 16.5. The van der Waals surface area contributed by atoms with Gasteiger partial charge in [-0.1, -0.05) is 30.4 Å². The molecule has 4 heteroatoms. The molecule has 108 valence electrons. The fraction of sp³-hybridized carbons (Fsp3) is 0.412. The molecule has 1 aromatic rings. The summed E-state index contributed by atoms with van der Waals surface area (Å²) in [6, 6.07) is 7.50. The van der Waals surface area contributed by atoms with Gasteiger partial charge >= 0.3 is 0 Å². The van der Waals surface area contributed by atoms with Crippen LogP contribution in [0.4, 0.5) is 5.69 Å². The Labute approximate surface area is 123 Å². The lowest BCUT2D eigenvalue weighted by atomic mass is 9.73. The Hall–Kier alpha value is -1.94. The van der Waals surface area contributed by atoms with E-state index in [1.807, 2.05) is 57.2 Å². The number of benzene rings is 1. The first-order valence-electron chi connectivity index (χ1n) is 7.21. The van der Waals surface area contributed by atoms with Gasteiger partial charge in [0.05, 0.1) is 28.7 Å². The molecule has 2 bridgehead atoms. The van der Waals surface area contributed by atoms with Crippen LogP contribution < -0.4 is 4.90 Å². The van der Waals surface area contributed by atoms with Crippen LogP contribution in [0.3, 0.4) is 0 Å². The summed E-state index contributed by atoms with van der Waals surface area (Å²) < 4.78 is 5.99. The average molecular weight is 283 g/mol. The van der Waals surface area contributed by atoms with E-state index in [0.717, 1.165) is 5.56 Å². The van der Waals surface area contributed by atoms with Crippen LogP contribution in [0, 0.1) is 18.8 Å². The Morgan fingerprint density at radius 3 is 2.05 bits per heavy atom. The van der Waals surface area contributed by atoms with E-state index in [9.17, 15) is 9.59 Å². The Morgan fingerprint density at radius 1 is 1.00 bits per heavy atom. The third-order valence-corrected chi connectivity index (χ3v) is 5.08. The summed E-state index contributed by atoms with van der Waals surface area (Å²) in [7, 11) is 0. The number of para-hydroxylation sites is 1. The van der Waals surface area contributed by atoms with Gasteiger partial charge in [-0.2, -0.15) is 0 Å². The van der Waals surface area contributed by atoms with Crippen LogP contribution in [0.15, 0.2) is 36.4 Å². The predicted octanol–water partition coefficient (Wildman–Crippen LogP) is 2.22. The van der Waals surface area contributed by atoms with E-state index >= 15 is 0 Å². The molecule has 0 spiro atoms. The molecule has 0 N–H and O–H groups in total. The van der Waals surface area contributed by atoms with Crippen molar-refractivity contribution in [3.63, 3.8) is 0 Å². The van der Waals surface area contributed by atoms with E-state index in [4.69, 9.17) is 4.74 Å². The molecule has 0 aliphatic carbocycles. The third kappa shape index (κ3) is 1.38. The molecule has 4 atom stereocenters. The van der Waals surface area contributed by atoms with Crippen molar-refractivity contribution in [2.24, 2.45) is 11.8 Å². The van der Waals surface area contributed by atoms with Gasteiger partial charge in [-0.15, -0.1) is 0 Å². The molecule has 21 heavy (non-hydrogen) atoms. The van der Waals surface area contributed by atoms with E-state index in [0.29, 0.717) is 5.69 Å². The van der Waals surface area contributed by atoms with E-state index in [2.05, 4.69) is 0 Å². The molecule has 0 radical (unpaired) electrons. The number of aryl methyl sites for hydroxylation is 1. The quantitative estimate of drug-likeness (QED) is 0.586. The zero-order valence-corrected chi connectivity index (χ0v) is 12.3. The van der Waals surface area contributed by atoms with Gasteiger partial charge in [0.2, 0.25) is 11.8 Å². The van der Waals surface area contributed by atoms with Crippen molar-refractivity contribution in [3.05, 3.63) is 42.0 Å². The van der Waals surface area contributed by atoms with Crippen molar-refractivity contribution >= 4 is 17.5 Å². The zero-order chi connectivity index (χ0) is 15.0. The molecular weight excluding hydrogens is 266 g/mol. The molecule has 0 saturated carbocycles. The minimum atomic E-state index is -0.663. The van der Waals surface area contributed by atoms with Crippen molar-refractivity contribution < 1.29 is 14.3 Å². The number of rotatable bonds is 1. The monoisotopic (exact) mass is 283 g/mol. The van der Waals surface area contributed by atoms with Crippen LogP contribution in [0.25, 0.3) is 0 Å². The van der Waals surface area contributed by atoms with Crippen molar-refractivity contribution in [1.29, 1.82) is 0 Å². The molecule has 1 aromatic carbocycles. The second-order valence-electron chi connectivity index (χ2n) is 6.56. The van der Waals surface area contributed by atoms with Crippen LogP contribution >= 0.6 is 0 Å². The van der Waals surface area contributed by atoms with Gasteiger partial charge in [0.1, 0.15) is 0 Å². The number of carbonyl (C=O) groups excluding carboxylic acids is 2. The van der Waals surface area contributed by atoms with Gasteiger partial charge < -0.3 is 4.74 Å². The summed E-state index contributed by atoms with van der Waals surface area (Å²) in [5.41, 5.74) is 0.289. The average Bonchev–Trinajstić information content (AvgIpc) is 2.97. The lowest BCUT2D eigenvalue weighted by molar-refractivity contribution is -0.128. The first-order valence-corrected chi connectivity index (χ1v) is 7.21. The maximum atomic E-state index is 12.9. The molecule has 3 aliphatic rings. The normalized spacial score (nSPS) is 40.2. The van der Waals surface area contributed by atoms with Crippen LogP contribution in [0.5, 0.6) is 0 Å². The highest BCUT2D eigenvalue weighted by Crippen LogP contribution is 2.57. The number of carbonyl (C=O) groups is 2. The molecule has 3 aliphatic heterocycles. The van der Waals surface area contributed by atoms with Gasteiger partial charge in [0.15, 0.2) is 0 Å². The molecule has 4 nitrogen and oxygen atoms in total. The minimum Gasteiger partial charge on any atom is -0.359 e. The van der Waals surface area contributed by atoms with E-state index < -0.39 is 23.0 Å². The molecular formula is C17H17NO3. The number of amides is 2. The highest BCUT2D eigenvalue weighted by molar-refractivity contribution is 6.23. The third-order valence-electron chi connectivity index (χ3n) is 5.08. The second-order valence-corrected chi connectivity index (χ2v) is 6.56. The maximum Gasteiger partial charge on any atom is 0.241 e. The fourth-order valence-electron chi connectivity index (χ4n) is 4.08. The van der Waals surface area contributed by atoms with Crippen LogP contribution in [-0.4, -0.2) is 23.0 Å². The predicted molar refractivity (Wildman–Crippen MR) is 77.7 cm³/mol. The summed E-state index contributed by atoms with van der Waals surface area (Å²) in [5, 5.41) is 0. The largest absolute Gasteiger partial charge is 0.359 e. The molecule has 2 saturated heterocycles. The van der Waals surface area contributed by atoms with Gasteiger partial charge in [-0.05, 0) is 32.4 Å². The molecule has 4 rings (SSSR count). The summed E-state index contributed by atoms with van der Waals surface area (Å²) >= 11 is 0. The van der Waals surface area contributed by atoms with E-state index in [1.54, 1.807) is 0 Å². The number of imide groups is 1. The smallest absolute Gasteiger partial charge is 0.241 e. The van der Waals surface area contributed by atoms with Crippen LogP contribution in [0.2, 0.25) is 0 Å². The standard InChI is InChI=1S/C17H17NO3/c1-10-6-4-5-7-11(10)18-14(19)12-13(15(18)20)17(3)9-8-16(12,2)21-17/h4-9,12-13H,1-3H3/t12-,13-,16+,17+/m0/s1.